The second-order valence-electron chi connectivity index (χ2n) is 5.28. The van der Waals surface area contributed by atoms with Crippen LogP contribution in [0.5, 0.6) is 0 Å². The van der Waals surface area contributed by atoms with Gasteiger partial charge in [-0.1, -0.05) is 19.9 Å². The first-order valence-corrected chi connectivity index (χ1v) is 9.07. The summed E-state index contributed by atoms with van der Waals surface area (Å²) in [7, 11) is -2.02. The van der Waals surface area contributed by atoms with E-state index < -0.39 is 10.0 Å². The lowest BCUT2D eigenvalue weighted by Gasteiger charge is -2.15. The zero-order chi connectivity index (χ0) is 16.0. The highest BCUT2D eigenvalue weighted by molar-refractivity contribution is 9.10. The van der Waals surface area contributed by atoms with Crippen LogP contribution in [0.2, 0.25) is 0 Å². The van der Waals surface area contributed by atoms with Gasteiger partial charge in [0.1, 0.15) is 0 Å². The molecule has 7 heteroatoms. The topological polar surface area (TPSA) is 67.4 Å². The van der Waals surface area contributed by atoms with Crippen LogP contribution in [0.15, 0.2) is 27.6 Å². The molecule has 0 aliphatic carbocycles. The molecule has 0 heterocycles. The summed E-state index contributed by atoms with van der Waals surface area (Å²) in [6, 6.07) is 5.35. The van der Waals surface area contributed by atoms with E-state index in [0.717, 1.165) is 5.56 Å². The van der Waals surface area contributed by atoms with E-state index in [9.17, 15) is 8.42 Å². The van der Waals surface area contributed by atoms with E-state index in [4.69, 9.17) is 4.74 Å². The lowest BCUT2D eigenvalue weighted by molar-refractivity contribution is 0.180. The molecule has 1 rings (SSSR count). The van der Waals surface area contributed by atoms with E-state index in [1.54, 1.807) is 13.0 Å². The minimum Gasteiger partial charge on any atom is -0.383 e. The molecule has 1 aromatic rings. The van der Waals surface area contributed by atoms with Crippen LogP contribution in [-0.2, 0) is 21.3 Å². The van der Waals surface area contributed by atoms with Crippen molar-refractivity contribution in [3.63, 3.8) is 0 Å². The van der Waals surface area contributed by atoms with Gasteiger partial charge in [0.05, 0.1) is 11.5 Å². The van der Waals surface area contributed by atoms with Crippen molar-refractivity contribution in [3.8, 4) is 0 Å². The van der Waals surface area contributed by atoms with Gasteiger partial charge in [-0.2, -0.15) is 0 Å². The number of hydrogen-bond acceptors (Lipinski definition) is 4. The fourth-order valence-corrected chi connectivity index (χ4v) is 4.16. The van der Waals surface area contributed by atoms with Gasteiger partial charge in [0.15, 0.2) is 0 Å². The Morgan fingerprint density at radius 3 is 2.48 bits per heavy atom. The van der Waals surface area contributed by atoms with E-state index in [1.165, 1.54) is 7.11 Å². The van der Waals surface area contributed by atoms with E-state index in [2.05, 4.69) is 39.8 Å². The summed E-state index contributed by atoms with van der Waals surface area (Å²) in [6.45, 7) is 6.91. The molecule has 2 N–H and O–H groups in total. The molecule has 0 amide bonds. The smallest absolute Gasteiger partial charge is 0.242 e. The minimum absolute atomic E-state index is 0.235. The maximum atomic E-state index is 12.3. The van der Waals surface area contributed by atoms with Crippen molar-refractivity contribution < 1.29 is 13.2 Å². The van der Waals surface area contributed by atoms with Crippen LogP contribution in [0.25, 0.3) is 0 Å². The van der Waals surface area contributed by atoms with Crippen molar-refractivity contribution in [2.45, 2.75) is 44.3 Å². The predicted octanol–water partition coefficient (Wildman–Crippen LogP) is 2.26. The van der Waals surface area contributed by atoms with Gasteiger partial charge in [-0.15, -0.1) is 0 Å². The third-order valence-electron chi connectivity index (χ3n) is 2.77. The molecule has 120 valence electrons. The highest BCUT2D eigenvalue weighted by Gasteiger charge is 2.20. The first kappa shape index (κ1) is 18.6. The van der Waals surface area contributed by atoms with E-state index in [-0.39, 0.29) is 10.9 Å². The molecule has 21 heavy (non-hydrogen) atoms. The molecule has 0 fully saturated rings. The molecule has 1 atom stereocenters. The Kier molecular flexibility index (Phi) is 7.29. The molecule has 0 bridgehead atoms. The molecule has 0 saturated heterocycles. The summed E-state index contributed by atoms with van der Waals surface area (Å²) in [4.78, 5) is 0.235. The SMILES string of the molecule is COCC(C)NS(=O)(=O)c1ccc(CNC(C)C)cc1Br. The molecule has 0 aromatic heterocycles. The fraction of sp³-hybridized carbons (Fsp3) is 0.571. The molecule has 5 nitrogen and oxygen atoms in total. The predicted molar refractivity (Wildman–Crippen MR) is 87.8 cm³/mol. The van der Waals surface area contributed by atoms with Crippen LogP contribution in [0.1, 0.15) is 26.3 Å². The monoisotopic (exact) mass is 378 g/mol. The van der Waals surface area contributed by atoms with Crippen LogP contribution < -0.4 is 10.0 Å². The molecule has 1 unspecified atom stereocenters. The number of sulfonamides is 1. The van der Waals surface area contributed by atoms with Gasteiger partial charge in [-0.05, 0) is 40.5 Å². The number of ether oxygens (including phenoxy) is 1. The van der Waals surface area contributed by atoms with Crippen molar-refractivity contribution >= 4 is 26.0 Å². The van der Waals surface area contributed by atoms with Crippen molar-refractivity contribution in [2.75, 3.05) is 13.7 Å². The Hall–Kier alpha value is -0.470. The fourth-order valence-electron chi connectivity index (χ4n) is 1.81. The summed E-state index contributed by atoms with van der Waals surface area (Å²) in [6.07, 6.45) is 0. The van der Waals surface area contributed by atoms with Gasteiger partial charge < -0.3 is 10.1 Å². The Morgan fingerprint density at radius 2 is 1.95 bits per heavy atom. The van der Waals surface area contributed by atoms with Gasteiger partial charge >= 0.3 is 0 Å². The van der Waals surface area contributed by atoms with Crippen LogP contribution in [0, 0.1) is 0 Å². The van der Waals surface area contributed by atoms with Crippen LogP contribution in [0.4, 0.5) is 0 Å². The summed E-state index contributed by atoms with van der Waals surface area (Å²) in [5, 5.41) is 3.29. The second kappa shape index (κ2) is 8.24. The minimum atomic E-state index is -3.56. The van der Waals surface area contributed by atoms with Crippen molar-refractivity contribution in [3.05, 3.63) is 28.2 Å². The molecule has 0 radical (unpaired) electrons. The lowest BCUT2D eigenvalue weighted by Crippen LogP contribution is -2.35. The van der Waals surface area contributed by atoms with Gasteiger partial charge in [0.2, 0.25) is 10.0 Å². The van der Waals surface area contributed by atoms with Crippen LogP contribution in [-0.4, -0.2) is 34.2 Å². The van der Waals surface area contributed by atoms with Crippen molar-refractivity contribution in [1.82, 2.24) is 10.0 Å². The quantitative estimate of drug-likeness (QED) is 0.727. The Labute approximate surface area is 135 Å². The zero-order valence-corrected chi connectivity index (χ0v) is 15.2. The lowest BCUT2D eigenvalue weighted by atomic mass is 10.2. The number of benzene rings is 1. The summed E-state index contributed by atoms with van der Waals surface area (Å²) in [5.74, 6) is 0. The molecule has 0 aliphatic rings. The highest BCUT2D eigenvalue weighted by atomic mass is 79.9. The number of halogens is 1. The molecular formula is C14H23BrN2O3S. The van der Waals surface area contributed by atoms with E-state index in [1.807, 2.05) is 12.1 Å². The summed E-state index contributed by atoms with van der Waals surface area (Å²) < 4.78 is 32.7. The van der Waals surface area contributed by atoms with Crippen LogP contribution >= 0.6 is 15.9 Å². The largest absolute Gasteiger partial charge is 0.383 e. The van der Waals surface area contributed by atoms with Crippen molar-refractivity contribution in [2.24, 2.45) is 0 Å². The third-order valence-corrected chi connectivity index (χ3v) is 5.34. The molecule has 1 aromatic carbocycles. The first-order valence-electron chi connectivity index (χ1n) is 6.79. The number of rotatable bonds is 8. The normalized spacial score (nSPS) is 13.6. The van der Waals surface area contributed by atoms with E-state index in [0.29, 0.717) is 23.7 Å². The molecular weight excluding hydrogens is 356 g/mol. The standard InChI is InChI=1S/C14H23BrN2O3S/c1-10(2)16-8-12-5-6-14(13(15)7-12)21(18,19)17-11(3)9-20-4/h5-7,10-11,16-17H,8-9H2,1-4H3. The Bertz CT molecular complexity index is 561. The summed E-state index contributed by atoms with van der Waals surface area (Å²) >= 11 is 3.34. The third kappa shape index (κ3) is 6.04. The zero-order valence-electron chi connectivity index (χ0n) is 12.8. The average molecular weight is 379 g/mol. The molecule has 0 spiro atoms. The first-order chi connectivity index (χ1) is 9.76. The highest BCUT2D eigenvalue weighted by Crippen LogP contribution is 2.23. The summed E-state index contributed by atoms with van der Waals surface area (Å²) in [5.41, 5.74) is 1.03. The van der Waals surface area contributed by atoms with Gasteiger partial charge in [-0.25, -0.2) is 13.1 Å². The maximum absolute atomic E-state index is 12.3. The van der Waals surface area contributed by atoms with Crippen molar-refractivity contribution in [1.29, 1.82) is 0 Å². The maximum Gasteiger partial charge on any atom is 0.242 e. The number of methoxy groups -OCH3 is 1. The number of hydrogen-bond donors (Lipinski definition) is 2. The molecule has 0 aliphatic heterocycles. The van der Waals surface area contributed by atoms with E-state index >= 15 is 0 Å². The Balaban J connectivity index is 2.88. The average Bonchev–Trinajstić information content (AvgIpc) is 2.35. The van der Waals surface area contributed by atoms with Crippen LogP contribution in [0.3, 0.4) is 0 Å². The van der Waals surface area contributed by atoms with Gasteiger partial charge in [-0.3, -0.25) is 0 Å². The Morgan fingerprint density at radius 1 is 1.29 bits per heavy atom. The second-order valence-corrected chi connectivity index (χ2v) is 7.81. The molecule has 0 saturated carbocycles. The van der Waals surface area contributed by atoms with Gasteiger partial charge in [0.25, 0.3) is 0 Å². The number of nitrogens with one attached hydrogen (secondary N) is 2. The van der Waals surface area contributed by atoms with Gasteiger partial charge in [0, 0.05) is 30.2 Å².